The second kappa shape index (κ2) is 10.6. The standard InChI is InChI=1S/C26H26Cl2N8O/c1-26(2,3)14-32-23-15(10-29)11-31-24-18(23)8-16(9-20(24)28)33-25(17-6-4-5-7-19(17)27)21-12-36(35-34-21)13-22(30)37/h4-9,11-12,25,33H,13-14H2,1-3H3,(H2,30,37)(H,31,32)/i25D. The lowest BCUT2D eigenvalue weighted by atomic mass is 9.96. The van der Waals surface area contributed by atoms with Crippen LogP contribution in [0.2, 0.25) is 10.0 Å². The van der Waals surface area contributed by atoms with Gasteiger partial charge in [0.05, 0.1) is 35.4 Å². The van der Waals surface area contributed by atoms with Crippen molar-refractivity contribution in [2.75, 3.05) is 17.2 Å². The van der Waals surface area contributed by atoms with Crippen LogP contribution in [0.15, 0.2) is 48.8 Å². The van der Waals surface area contributed by atoms with Crippen molar-refractivity contribution in [3.05, 3.63) is 75.7 Å². The number of amides is 1. The molecule has 0 fully saturated rings. The molecule has 2 aromatic heterocycles. The molecule has 0 aliphatic carbocycles. The van der Waals surface area contributed by atoms with Crippen LogP contribution in [-0.2, 0) is 11.3 Å². The van der Waals surface area contributed by atoms with E-state index >= 15 is 0 Å². The molecular weight excluding hydrogens is 511 g/mol. The van der Waals surface area contributed by atoms with Gasteiger partial charge in [-0.25, -0.2) is 4.68 Å². The van der Waals surface area contributed by atoms with E-state index in [0.29, 0.717) is 50.0 Å². The first kappa shape index (κ1) is 24.8. The molecule has 2 aromatic carbocycles. The number of aromatic nitrogens is 4. The number of nitrogens with zero attached hydrogens (tertiary/aromatic N) is 5. The van der Waals surface area contributed by atoms with Gasteiger partial charge < -0.3 is 16.4 Å². The third-order valence-electron chi connectivity index (χ3n) is 5.37. The Morgan fingerprint density at radius 2 is 2.03 bits per heavy atom. The molecule has 1 unspecified atom stereocenters. The van der Waals surface area contributed by atoms with Crippen LogP contribution < -0.4 is 16.4 Å². The average molecular weight is 538 g/mol. The minimum atomic E-state index is -1.73. The lowest BCUT2D eigenvalue weighted by molar-refractivity contribution is -0.118. The third-order valence-corrected chi connectivity index (χ3v) is 5.98. The topological polar surface area (TPSA) is 135 Å². The largest absolute Gasteiger partial charge is 0.383 e. The van der Waals surface area contributed by atoms with Gasteiger partial charge in [-0.05, 0) is 29.2 Å². The summed E-state index contributed by atoms with van der Waals surface area (Å²) < 4.78 is 10.8. The predicted molar refractivity (Wildman–Crippen MR) is 146 cm³/mol. The first-order valence-corrected chi connectivity index (χ1v) is 12.2. The lowest BCUT2D eigenvalue weighted by Crippen LogP contribution is -2.20. The second-order valence-corrected chi connectivity index (χ2v) is 10.5. The first-order valence-electron chi connectivity index (χ1n) is 11.9. The fraction of sp³-hybridized carbons (Fsp3) is 0.269. The number of hydrogen-bond acceptors (Lipinski definition) is 7. The maximum Gasteiger partial charge on any atom is 0.239 e. The molecular formula is C26H26Cl2N8O. The van der Waals surface area contributed by atoms with Crippen LogP contribution in [0.25, 0.3) is 10.9 Å². The maximum absolute atomic E-state index is 11.4. The molecule has 37 heavy (non-hydrogen) atoms. The first-order chi connectivity index (χ1) is 17.9. The summed E-state index contributed by atoms with van der Waals surface area (Å²) in [6, 6.07) is 10.7. The fourth-order valence-corrected chi connectivity index (χ4v) is 4.19. The number of carbonyl (C=O) groups is 1. The third kappa shape index (κ3) is 6.10. The van der Waals surface area contributed by atoms with E-state index in [4.69, 9.17) is 28.9 Å². The summed E-state index contributed by atoms with van der Waals surface area (Å²) in [6.07, 6.45) is 2.95. The summed E-state index contributed by atoms with van der Waals surface area (Å²) in [7, 11) is 0. The van der Waals surface area contributed by atoms with E-state index in [-0.39, 0.29) is 17.7 Å². The summed E-state index contributed by atoms with van der Waals surface area (Å²) in [5.74, 6) is -0.597. The molecule has 0 bridgehead atoms. The summed E-state index contributed by atoms with van der Waals surface area (Å²) in [6.45, 7) is 6.65. The van der Waals surface area contributed by atoms with Crippen LogP contribution in [0.5, 0.6) is 0 Å². The van der Waals surface area contributed by atoms with Crippen LogP contribution in [-0.4, -0.2) is 32.4 Å². The van der Waals surface area contributed by atoms with Gasteiger partial charge >= 0.3 is 0 Å². The Morgan fingerprint density at radius 3 is 2.70 bits per heavy atom. The number of fused-ring (bicyclic) bond motifs is 1. The van der Waals surface area contributed by atoms with Crippen molar-refractivity contribution in [3.63, 3.8) is 0 Å². The van der Waals surface area contributed by atoms with Crippen LogP contribution in [0.4, 0.5) is 11.4 Å². The Bertz CT molecular complexity index is 1560. The predicted octanol–water partition coefficient (Wildman–Crippen LogP) is 5.15. The monoisotopic (exact) mass is 537 g/mol. The van der Waals surface area contributed by atoms with Crippen LogP contribution in [0.1, 0.15) is 45.0 Å². The molecule has 0 radical (unpaired) electrons. The summed E-state index contributed by atoms with van der Waals surface area (Å²) >= 11 is 13.2. The van der Waals surface area contributed by atoms with Crippen LogP contribution in [0, 0.1) is 16.7 Å². The quantitative estimate of drug-likeness (QED) is 0.282. The zero-order valence-electron chi connectivity index (χ0n) is 21.5. The van der Waals surface area contributed by atoms with Crippen molar-refractivity contribution in [2.45, 2.75) is 33.3 Å². The molecule has 0 aliphatic heterocycles. The van der Waals surface area contributed by atoms with Crippen LogP contribution >= 0.6 is 23.2 Å². The molecule has 0 aliphatic rings. The van der Waals surface area contributed by atoms with Crippen molar-refractivity contribution >= 4 is 51.4 Å². The minimum Gasteiger partial charge on any atom is -0.383 e. The lowest BCUT2D eigenvalue weighted by Gasteiger charge is -2.22. The highest BCUT2D eigenvalue weighted by atomic mass is 35.5. The molecule has 0 spiro atoms. The summed E-state index contributed by atoms with van der Waals surface area (Å²) in [4.78, 5) is 15.8. The van der Waals surface area contributed by atoms with Gasteiger partial charge in [0.1, 0.15) is 18.3 Å². The zero-order chi connectivity index (χ0) is 27.7. The Hall–Kier alpha value is -3.87. The van der Waals surface area contributed by atoms with E-state index in [1.807, 2.05) is 0 Å². The van der Waals surface area contributed by atoms with Gasteiger partial charge in [0.15, 0.2) is 0 Å². The molecule has 0 saturated carbocycles. The van der Waals surface area contributed by atoms with Gasteiger partial charge in [-0.1, -0.05) is 67.4 Å². The number of rotatable bonds is 8. The number of carbonyl (C=O) groups excluding carboxylic acids is 1. The van der Waals surface area contributed by atoms with Gasteiger partial charge in [0.2, 0.25) is 5.91 Å². The highest BCUT2D eigenvalue weighted by Gasteiger charge is 2.22. The van der Waals surface area contributed by atoms with Gasteiger partial charge in [0.25, 0.3) is 0 Å². The molecule has 11 heteroatoms. The second-order valence-electron chi connectivity index (χ2n) is 9.67. The molecule has 4 N–H and O–H groups in total. The van der Waals surface area contributed by atoms with Crippen molar-refractivity contribution in [1.29, 1.82) is 5.26 Å². The molecule has 9 nitrogen and oxygen atoms in total. The number of anilines is 2. The smallest absolute Gasteiger partial charge is 0.239 e. The summed E-state index contributed by atoms with van der Waals surface area (Å²) in [5.41, 5.74) is 7.75. The van der Waals surface area contributed by atoms with Crippen molar-refractivity contribution < 1.29 is 6.17 Å². The molecule has 4 aromatic rings. The number of nitrogens with one attached hydrogen (secondary N) is 2. The summed E-state index contributed by atoms with van der Waals surface area (Å²) in [5, 5.41) is 25.7. The number of pyridine rings is 1. The molecule has 190 valence electrons. The van der Waals surface area contributed by atoms with Gasteiger partial charge in [-0.2, -0.15) is 5.26 Å². The molecule has 1 atom stereocenters. The number of nitriles is 1. The van der Waals surface area contributed by atoms with E-state index in [1.165, 1.54) is 17.1 Å². The Kier molecular flexibility index (Phi) is 7.12. The highest BCUT2D eigenvalue weighted by Crippen LogP contribution is 2.37. The van der Waals surface area contributed by atoms with Crippen molar-refractivity contribution in [3.8, 4) is 6.07 Å². The van der Waals surface area contributed by atoms with E-state index in [0.717, 1.165) is 0 Å². The van der Waals surface area contributed by atoms with Gasteiger partial charge in [-0.3, -0.25) is 9.78 Å². The fourth-order valence-electron chi connectivity index (χ4n) is 3.69. The van der Waals surface area contributed by atoms with Gasteiger partial charge in [0, 0.05) is 28.8 Å². The number of hydrogen-bond donors (Lipinski definition) is 3. The number of benzene rings is 2. The Morgan fingerprint density at radius 1 is 1.27 bits per heavy atom. The SMILES string of the molecule is [2H]C(Nc1cc(Cl)c2ncc(C#N)c(NCC(C)(C)C)c2c1)(c1cn(CC(N)=O)nn1)c1ccccc1Cl. The Balaban J connectivity index is 1.87. The Labute approximate surface area is 226 Å². The van der Waals surface area contributed by atoms with Gasteiger partial charge in [-0.15, -0.1) is 5.10 Å². The molecule has 2 heterocycles. The maximum atomic E-state index is 11.4. The van der Waals surface area contributed by atoms with Crippen molar-refractivity contribution in [1.82, 2.24) is 20.0 Å². The zero-order valence-corrected chi connectivity index (χ0v) is 22.0. The molecule has 4 rings (SSSR count). The van der Waals surface area contributed by atoms with E-state index < -0.39 is 11.9 Å². The average Bonchev–Trinajstić information content (AvgIpc) is 3.30. The van der Waals surface area contributed by atoms with E-state index in [2.05, 4.69) is 52.8 Å². The minimum absolute atomic E-state index is 0.0564. The van der Waals surface area contributed by atoms with Crippen molar-refractivity contribution in [2.24, 2.45) is 11.1 Å². The van der Waals surface area contributed by atoms with E-state index in [1.54, 1.807) is 36.4 Å². The number of nitrogens with two attached hydrogens (primary N) is 1. The molecule has 1 amide bonds. The highest BCUT2D eigenvalue weighted by molar-refractivity contribution is 6.36. The molecule has 0 saturated heterocycles. The van der Waals surface area contributed by atoms with Crippen LogP contribution in [0.3, 0.4) is 0 Å². The normalized spacial score (nSPS) is 13.5. The van der Waals surface area contributed by atoms with E-state index in [9.17, 15) is 11.4 Å². The number of primary amides is 1. The number of halogens is 2.